The van der Waals surface area contributed by atoms with Crippen LogP contribution in [0.25, 0.3) is 6.08 Å². The maximum absolute atomic E-state index is 13.4. The highest BCUT2D eigenvalue weighted by molar-refractivity contribution is 8.00. The van der Waals surface area contributed by atoms with E-state index in [-0.39, 0.29) is 17.2 Å². The van der Waals surface area contributed by atoms with Crippen LogP contribution in [0, 0.1) is 0 Å². The summed E-state index contributed by atoms with van der Waals surface area (Å²) in [6.45, 7) is 0. The quantitative estimate of drug-likeness (QED) is 0.133. The molecule has 0 bridgehead atoms. The highest BCUT2D eigenvalue weighted by atomic mass is 32.2. The number of para-hydroxylation sites is 1. The number of hydrogen-bond acceptors (Lipinski definition) is 6. The van der Waals surface area contributed by atoms with E-state index < -0.39 is 11.8 Å². The van der Waals surface area contributed by atoms with Gasteiger partial charge in [0.05, 0.1) is 25.5 Å². The zero-order valence-corrected chi connectivity index (χ0v) is 22.9. The number of ketones is 1. The van der Waals surface area contributed by atoms with E-state index in [1.165, 1.54) is 18.9 Å². The van der Waals surface area contributed by atoms with Gasteiger partial charge in [-0.25, -0.2) is 0 Å². The van der Waals surface area contributed by atoms with E-state index in [4.69, 9.17) is 9.47 Å². The average Bonchev–Trinajstić information content (AvgIpc) is 3.00. The van der Waals surface area contributed by atoms with E-state index in [0.29, 0.717) is 33.9 Å². The summed E-state index contributed by atoms with van der Waals surface area (Å²) in [6, 6.07) is 30.1. The third-order valence-corrected chi connectivity index (χ3v) is 6.80. The molecule has 2 amide bonds. The van der Waals surface area contributed by atoms with Crippen LogP contribution < -0.4 is 20.1 Å². The molecule has 0 saturated heterocycles. The molecule has 0 spiro atoms. The zero-order chi connectivity index (χ0) is 28.3. The number of hydrogen-bond donors (Lipinski definition) is 2. The molecule has 0 atom stereocenters. The molecule has 4 rings (SSSR count). The van der Waals surface area contributed by atoms with Crippen LogP contribution in [0.1, 0.15) is 26.3 Å². The second-order valence-corrected chi connectivity index (χ2v) is 9.60. The fraction of sp³-hybridized carbons (Fsp3) is 0.0938. The maximum Gasteiger partial charge on any atom is 0.272 e. The molecule has 2 N–H and O–H groups in total. The highest BCUT2D eigenvalue weighted by Gasteiger charge is 2.16. The van der Waals surface area contributed by atoms with E-state index in [1.54, 1.807) is 98.1 Å². The first-order chi connectivity index (χ1) is 19.5. The number of ether oxygens (including phenoxy) is 2. The topological polar surface area (TPSA) is 93.7 Å². The van der Waals surface area contributed by atoms with Gasteiger partial charge in [-0.1, -0.05) is 48.5 Å². The molecule has 40 heavy (non-hydrogen) atoms. The Morgan fingerprint density at radius 3 is 2.33 bits per heavy atom. The molecule has 8 heteroatoms. The lowest BCUT2D eigenvalue weighted by Gasteiger charge is -2.12. The number of carbonyl (C=O) groups excluding carboxylic acids is 3. The molecule has 0 aliphatic rings. The van der Waals surface area contributed by atoms with Crippen molar-refractivity contribution in [2.75, 3.05) is 25.3 Å². The molecule has 0 aromatic heterocycles. The molecule has 0 saturated carbocycles. The number of thioether (sulfide) groups is 1. The smallest absolute Gasteiger partial charge is 0.272 e. The van der Waals surface area contributed by atoms with Gasteiger partial charge in [0, 0.05) is 16.1 Å². The number of nitrogens with one attached hydrogen (secondary N) is 2. The van der Waals surface area contributed by atoms with Crippen molar-refractivity contribution in [2.24, 2.45) is 0 Å². The summed E-state index contributed by atoms with van der Waals surface area (Å²) in [5.74, 6) is 0.371. The summed E-state index contributed by atoms with van der Waals surface area (Å²) in [5.41, 5.74) is 2.20. The Hall–Kier alpha value is -4.82. The molecular formula is C32H28N2O5S. The van der Waals surface area contributed by atoms with Crippen LogP contribution >= 0.6 is 11.8 Å². The molecule has 0 unspecified atom stereocenters. The number of amides is 2. The van der Waals surface area contributed by atoms with Crippen LogP contribution in [0.3, 0.4) is 0 Å². The van der Waals surface area contributed by atoms with E-state index in [0.717, 1.165) is 4.90 Å². The predicted octanol–water partition coefficient (Wildman–Crippen LogP) is 6.09. The zero-order valence-electron chi connectivity index (χ0n) is 22.0. The fourth-order valence-electron chi connectivity index (χ4n) is 3.80. The number of benzene rings is 4. The molecule has 7 nitrogen and oxygen atoms in total. The van der Waals surface area contributed by atoms with E-state index in [9.17, 15) is 14.4 Å². The molecular weight excluding hydrogens is 524 g/mol. The lowest BCUT2D eigenvalue weighted by Crippen LogP contribution is -2.30. The van der Waals surface area contributed by atoms with Crippen LogP contribution in [0.15, 0.2) is 114 Å². The Labute approximate surface area is 237 Å². The third-order valence-electron chi connectivity index (χ3n) is 5.80. The van der Waals surface area contributed by atoms with Gasteiger partial charge in [-0.05, 0) is 66.2 Å². The summed E-state index contributed by atoms with van der Waals surface area (Å²) in [4.78, 5) is 39.8. The number of rotatable bonds is 11. The molecule has 0 radical (unpaired) electrons. The van der Waals surface area contributed by atoms with Crippen molar-refractivity contribution in [3.8, 4) is 11.5 Å². The first-order valence-electron chi connectivity index (χ1n) is 12.4. The first-order valence-corrected chi connectivity index (χ1v) is 13.4. The Balaban J connectivity index is 1.51. The molecule has 4 aromatic rings. The van der Waals surface area contributed by atoms with E-state index in [2.05, 4.69) is 10.6 Å². The van der Waals surface area contributed by atoms with Crippen molar-refractivity contribution < 1.29 is 23.9 Å². The first kappa shape index (κ1) is 28.2. The molecule has 0 heterocycles. The van der Waals surface area contributed by atoms with Crippen LogP contribution in [0.5, 0.6) is 11.5 Å². The van der Waals surface area contributed by atoms with Crippen molar-refractivity contribution in [1.29, 1.82) is 0 Å². The number of Topliss-reactive ketones (excluding diaryl/α,β-unsaturated/α-hetero) is 1. The van der Waals surface area contributed by atoms with Gasteiger partial charge >= 0.3 is 0 Å². The van der Waals surface area contributed by atoms with Gasteiger partial charge in [-0.3, -0.25) is 14.4 Å². The standard InChI is InChI=1S/C32H28N2O5S/c1-38-25-14-8-10-22(18-25)19-28(34-31(36)23-11-4-3-5-12-23)32(37)33-24-13-9-15-26(20-24)40-21-29(35)27-16-6-7-17-30(27)39-2/h3-20H,21H2,1-2H3,(H,33,37)(H,34,36)/b28-19-. The summed E-state index contributed by atoms with van der Waals surface area (Å²) in [5, 5.41) is 5.58. The second kappa shape index (κ2) is 13.8. The predicted molar refractivity (Wildman–Crippen MR) is 158 cm³/mol. The molecule has 4 aromatic carbocycles. The SMILES string of the molecule is COc1cccc(/C=C(\NC(=O)c2ccccc2)C(=O)Nc2cccc(SCC(=O)c3ccccc3OC)c2)c1. The normalized spacial score (nSPS) is 10.9. The van der Waals surface area contributed by atoms with Crippen LogP contribution in [0.4, 0.5) is 5.69 Å². The van der Waals surface area contributed by atoms with Crippen molar-refractivity contribution in [2.45, 2.75) is 4.90 Å². The molecule has 202 valence electrons. The Bertz CT molecular complexity index is 1540. The minimum absolute atomic E-state index is 0.0616. The third kappa shape index (κ3) is 7.61. The summed E-state index contributed by atoms with van der Waals surface area (Å²) in [7, 11) is 3.09. The van der Waals surface area contributed by atoms with Crippen LogP contribution in [-0.2, 0) is 4.79 Å². The van der Waals surface area contributed by atoms with Crippen molar-refractivity contribution in [3.05, 3.63) is 126 Å². The Morgan fingerprint density at radius 1 is 0.800 bits per heavy atom. The van der Waals surface area contributed by atoms with Gasteiger partial charge in [0.25, 0.3) is 11.8 Å². The summed E-state index contributed by atoms with van der Waals surface area (Å²) in [6.07, 6.45) is 1.59. The number of anilines is 1. The summed E-state index contributed by atoms with van der Waals surface area (Å²) >= 11 is 1.35. The molecule has 0 fully saturated rings. The second-order valence-electron chi connectivity index (χ2n) is 8.55. The Kier molecular flexibility index (Phi) is 9.74. The maximum atomic E-state index is 13.4. The van der Waals surface area contributed by atoms with E-state index >= 15 is 0 Å². The van der Waals surface area contributed by atoms with Gasteiger partial charge in [0.15, 0.2) is 5.78 Å². The van der Waals surface area contributed by atoms with Gasteiger partial charge in [0.2, 0.25) is 0 Å². The van der Waals surface area contributed by atoms with Crippen molar-refractivity contribution >= 4 is 41.1 Å². The van der Waals surface area contributed by atoms with E-state index in [1.807, 2.05) is 18.2 Å². The van der Waals surface area contributed by atoms with Gasteiger partial charge < -0.3 is 20.1 Å². The lowest BCUT2D eigenvalue weighted by molar-refractivity contribution is -0.113. The number of methoxy groups -OCH3 is 2. The fourth-order valence-corrected chi connectivity index (χ4v) is 4.64. The molecule has 0 aliphatic heterocycles. The minimum atomic E-state index is -0.501. The Morgan fingerprint density at radius 2 is 1.55 bits per heavy atom. The van der Waals surface area contributed by atoms with Crippen molar-refractivity contribution in [1.82, 2.24) is 5.32 Å². The molecule has 0 aliphatic carbocycles. The minimum Gasteiger partial charge on any atom is -0.497 e. The largest absolute Gasteiger partial charge is 0.497 e. The van der Waals surface area contributed by atoms with Gasteiger partial charge in [0.1, 0.15) is 17.2 Å². The summed E-state index contributed by atoms with van der Waals surface area (Å²) < 4.78 is 10.6. The van der Waals surface area contributed by atoms with Crippen LogP contribution in [0.2, 0.25) is 0 Å². The monoisotopic (exact) mass is 552 g/mol. The lowest BCUT2D eigenvalue weighted by atomic mass is 10.1. The average molecular weight is 553 g/mol. The number of carbonyl (C=O) groups is 3. The van der Waals surface area contributed by atoms with Gasteiger partial charge in [-0.2, -0.15) is 0 Å². The highest BCUT2D eigenvalue weighted by Crippen LogP contribution is 2.25. The van der Waals surface area contributed by atoms with Crippen LogP contribution in [-0.4, -0.2) is 37.6 Å². The van der Waals surface area contributed by atoms with Gasteiger partial charge in [-0.15, -0.1) is 11.8 Å². The van der Waals surface area contributed by atoms with Crippen molar-refractivity contribution in [3.63, 3.8) is 0 Å².